The zero-order valence-electron chi connectivity index (χ0n) is 14.0. The number of piperidine rings is 1. The van der Waals surface area contributed by atoms with Crippen molar-refractivity contribution >= 4 is 6.09 Å². The Hall–Kier alpha value is -0.810. The molecule has 1 aliphatic heterocycles. The highest BCUT2D eigenvalue weighted by Crippen LogP contribution is 2.20. The van der Waals surface area contributed by atoms with Crippen molar-refractivity contribution in [3.63, 3.8) is 0 Å². The maximum absolute atomic E-state index is 11.9. The molecule has 0 spiro atoms. The number of hydrogen-bond acceptors (Lipinski definition) is 4. The molecule has 1 saturated heterocycles. The number of unbranched alkanes of at least 4 members (excludes halogenated alkanes) is 1. The normalized spacial score (nSPS) is 17.0. The third-order valence-electron chi connectivity index (χ3n) is 3.51. The maximum atomic E-state index is 11.9. The summed E-state index contributed by atoms with van der Waals surface area (Å²) >= 11 is 0. The van der Waals surface area contributed by atoms with Gasteiger partial charge in [0.1, 0.15) is 5.60 Å². The molecular formula is C16H31NO4. The summed E-state index contributed by atoms with van der Waals surface area (Å²) in [6.07, 6.45) is 3.90. The van der Waals surface area contributed by atoms with Crippen LogP contribution in [0.15, 0.2) is 0 Å². The van der Waals surface area contributed by atoms with Crippen molar-refractivity contribution in [3.05, 3.63) is 0 Å². The van der Waals surface area contributed by atoms with Gasteiger partial charge in [0, 0.05) is 40.0 Å². The summed E-state index contributed by atoms with van der Waals surface area (Å²) in [5.74, 6) is 0.561. The third-order valence-corrected chi connectivity index (χ3v) is 3.51. The zero-order valence-corrected chi connectivity index (χ0v) is 14.0. The third kappa shape index (κ3) is 8.27. The number of rotatable bonds is 7. The Morgan fingerprint density at radius 2 is 1.76 bits per heavy atom. The molecule has 0 N–H and O–H groups in total. The number of carbonyl (C=O) groups excluding carboxylic acids is 1. The number of hydrogen-bond donors (Lipinski definition) is 0. The molecule has 1 amide bonds. The minimum atomic E-state index is -0.417. The molecule has 1 aliphatic rings. The van der Waals surface area contributed by atoms with Crippen LogP contribution < -0.4 is 0 Å². The molecule has 1 rings (SSSR count). The molecule has 0 aliphatic carbocycles. The van der Waals surface area contributed by atoms with Crippen LogP contribution in [-0.2, 0) is 14.2 Å². The summed E-state index contributed by atoms with van der Waals surface area (Å²) in [6, 6.07) is 0. The molecule has 0 atom stereocenters. The fourth-order valence-corrected chi connectivity index (χ4v) is 2.31. The van der Waals surface area contributed by atoms with Crippen LogP contribution >= 0.6 is 0 Å². The summed E-state index contributed by atoms with van der Waals surface area (Å²) in [4.78, 5) is 13.7. The summed E-state index contributed by atoms with van der Waals surface area (Å²) < 4.78 is 16.1. The van der Waals surface area contributed by atoms with Gasteiger partial charge in [-0.3, -0.25) is 0 Å². The minimum absolute atomic E-state index is 0.193. The number of ether oxygens (including phenoxy) is 3. The van der Waals surface area contributed by atoms with Crippen LogP contribution in [0.2, 0.25) is 0 Å². The zero-order chi connectivity index (χ0) is 15.7. The molecule has 21 heavy (non-hydrogen) atoms. The molecule has 0 aromatic rings. The highest BCUT2D eigenvalue weighted by molar-refractivity contribution is 5.68. The Kier molecular flexibility index (Phi) is 8.04. The molecule has 0 aromatic heterocycles. The van der Waals surface area contributed by atoms with E-state index in [4.69, 9.17) is 14.2 Å². The van der Waals surface area contributed by atoms with Crippen LogP contribution in [0.3, 0.4) is 0 Å². The number of amides is 1. The van der Waals surface area contributed by atoms with E-state index in [0.29, 0.717) is 5.92 Å². The van der Waals surface area contributed by atoms with E-state index in [2.05, 4.69) is 0 Å². The summed E-state index contributed by atoms with van der Waals surface area (Å²) in [5, 5.41) is 0. The van der Waals surface area contributed by atoms with Gasteiger partial charge in [0.25, 0.3) is 0 Å². The number of carbonyl (C=O) groups is 1. The van der Waals surface area contributed by atoms with E-state index in [-0.39, 0.29) is 6.09 Å². The van der Waals surface area contributed by atoms with Gasteiger partial charge >= 0.3 is 6.09 Å². The Morgan fingerprint density at radius 1 is 1.14 bits per heavy atom. The Bertz CT molecular complexity index is 293. The largest absolute Gasteiger partial charge is 0.444 e. The van der Waals surface area contributed by atoms with E-state index in [1.807, 2.05) is 20.8 Å². The second-order valence-electron chi connectivity index (χ2n) is 6.69. The lowest BCUT2D eigenvalue weighted by molar-refractivity contribution is 0.0113. The van der Waals surface area contributed by atoms with Crippen molar-refractivity contribution in [1.82, 2.24) is 4.90 Å². The molecule has 0 bridgehead atoms. The van der Waals surface area contributed by atoms with Crippen LogP contribution in [-0.4, -0.2) is 56.6 Å². The van der Waals surface area contributed by atoms with E-state index in [9.17, 15) is 4.79 Å². The van der Waals surface area contributed by atoms with Crippen molar-refractivity contribution in [3.8, 4) is 0 Å². The van der Waals surface area contributed by atoms with Crippen LogP contribution in [0, 0.1) is 5.92 Å². The first-order valence-electron chi connectivity index (χ1n) is 7.97. The van der Waals surface area contributed by atoms with Crippen molar-refractivity contribution in [2.75, 3.05) is 40.0 Å². The number of likely N-dealkylation sites (tertiary alicyclic amines) is 1. The fourth-order valence-electron chi connectivity index (χ4n) is 2.31. The van der Waals surface area contributed by atoms with Crippen molar-refractivity contribution in [1.29, 1.82) is 0 Å². The lowest BCUT2D eigenvalue weighted by atomic mass is 9.98. The van der Waals surface area contributed by atoms with Gasteiger partial charge in [0.05, 0.1) is 0 Å². The van der Waals surface area contributed by atoms with Crippen LogP contribution in [0.25, 0.3) is 0 Å². The van der Waals surface area contributed by atoms with Crippen molar-refractivity contribution in [2.24, 2.45) is 5.92 Å². The number of nitrogens with zero attached hydrogens (tertiary/aromatic N) is 1. The molecule has 0 saturated carbocycles. The van der Waals surface area contributed by atoms with Gasteiger partial charge in [-0.2, -0.15) is 0 Å². The standard InChI is InChI=1S/C16H31NO4/c1-16(2,3)21-15(18)17-9-7-14(8-10-17)13-20-12-6-5-11-19-4/h14H,5-13H2,1-4H3. The second kappa shape index (κ2) is 9.26. The van der Waals surface area contributed by atoms with Gasteiger partial charge < -0.3 is 19.1 Å². The average Bonchev–Trinajstić information content (AvgIpc) is 2.41. The van der Waals surface area contributed by atoms with E-state index in [1.54, 1.807) is 12.0 Å². The first kappa shape index (κ1) is 18.2. The van der Waals surface area contributed by atoms with E-state index in [0.717, 1.165) is 58.6 Å². The Morgan fingerprint density at radius 3 is 2.33 bits per heavy atom. The molecule has 124 valence electrons. The highest BCUT2D eigenvalue weighted by Gasteiger charge is 2.26. The van der Waals surface area contributed by atoms with Crippen molar-refractivity contribution < 1.29 is 19.0 Å². The lowest BCUT2D eigenvalue weighted by Crippen LogP contribution is -2.42. The maximum Gasteiger partial charge on any atom is 0.410 e. The lowest BCUT2D eigenvalue weighted by Gasteiger charge is -2.33. The summed E-state index contributed by atoms with van der Waals surface area (Å²) in [5.41, 5.74) is -0.417. The minimum Gasteiger partial charge on any atom is -0.444 e. The molecule has 0 unspecified atom stereocenters. The quantitative estimate of drug-likeness (QED) is 0.678. The SMILES string of the molecule is COCCCCOCC1CCN(C(=O)OC(C)(C)C)CC1. The van der Waals surface area contributed by atoms with Crippen molar-refractivity contribution in [2.45, 2.75) is 52.1 Å². The number of methoxy groups -OCH3 is 1. The van der Waals surface area contributed by atoms with Gasteiger partial charge in [-0.25, -0.2) is 4.79 Å². The summed E-state index contributed by atoms with van der Waals surface area (Å²) in [6.45, 7) is 9.64. The Balaban J connectivity index is 2.10. The predicted molar refractivity (Wildman–Crippen MR) is 82.5 cm³/mol. The molecule has 5 heteroatoms. The average molecular weight is 301 g/mol. The second-order valence-corrected chi connectivity index (χ2v) is 6.69. The van der Waals surface area contributed by atoms with Gasteiger partial charge in [-0.15, -0.1) is 0 Å². The van der Waals surface area contributed by atoms with E-state index in [1.165, 1.54) is 0 Å². The van der Waals surface area contributed by atoms with Crippen LogP contribution in [0.4, 0.5) is 4.79 Å². The Labute approximate surface area is 128 Å². The van der Waals surface area contributed by atoms with Crippen LogP contribution in [0.5, 0.6) is 0 Å². The van der Waals surface area contributed by atoms with Crippen LogP contribution in [0.1, 0.15) is 46.5 Å². The molecule has 0 aromatic carbocycles. The monoisotopic (exact) mass is 301 g/mol. The molecule has 1 heterocycles. The first-order valence-corrected chi connectivity index (χ1v) is 7.97. The fraction of sp³-hybridized carbons (Fsp3) is 0.938. The van der Waals surface area contributed by atoms with E-state index >= 15 is 0 Å². The topological polar surface area (TPSA) is 48.0 Å². The van der Waals surface area contributed by atoms with Gasteiger partial charge in [-0.05, 0) is 52.4 Å². The van der Waals surface area contributed by atoms with Gasteiger partial charge in [-0.1, -0.05) is 0 Å². The predicted octanol–water partition coefficient (Wildman–Crippen LogP) is 3.08. The molecular weight excluding hydrogens is 270 g/mol. The van der Waals surface area contributed by atoms with E-state index < -0.39 is 5.60 Å². The molecule has 1 fully saturated rings. The van der Waals surface area contributed by atoms with Gasteiger partial charge in [0.15, 0.2) is 0 Å². The first-order chi connectivity index (χ1) is 9.92. The smallest absolute Gasteiger partial charge is 0.410 e. The molecule has 5 nitrogen and oxygen atoms in total. The molecule has 0 radical (unpaired) electrons. The highest BCUT2D eigenvalue weighted by atomic mass is 16.6. The van der Waals surface area contributed by atoms with Gasteiger partial charge in [0.2, 0.25) is 0 Å². The summed E-state index contributed by atoms with van der Waals surface area (Å²) in [7, 11) is 1.72.